The highest BCUT2D eigenvalue weighted by atomic mass is 35.5. The summed E-state index contributed by atoms with van der Waals surface area (Å²) >= 11 is 12.3. The number of hydrogen-bond donors (Lipinski definition) is 1. The smallest absolute Gasteiger partial charge is 0.0439 e. The van der Waals surface area contributed by atoms with Crippen molar-refractivity contribution in [3.05, 3.63) is 33.8 Å². The molecule has 0 aliphatic heterocycles. The summed E-state index contributed by atoms with van der Waals surface area (Å²) in [6.07, 6.45) is 7.38. The fraction of sp³-hybridized carbons (Fsp3) is 0.625. The van der Waals surface area contributed by atoms with Gasteiger partial charge in [-0.25, -0.2) is 0 Å². The van der Waals surface area contributed by atoms with Crippen molar-refractivity contribution in [2.24, 2.45) is 0 Å². The summed E-state index contributed by atoms with van der Waals surface area (Å²) in [4.78, 5) is 0. The van der Waals surface area contributed by atoms with Crippen LogP contribution in [0.25, 0.3) is 0 Å². The molecule has 1 aromatic carbocycles. The predicted octanol–water partition coefficient (Wildman–Crippen LogP) is 5.48. The fourth-order valence-corrected chi connectivity index (χ4v) is 2.74. The van der Waals surface area contributed by atoms with E-state index in [-0.39, 0.29) is 0 Å². The first kappa shape index (κ1) is 16.8. The van der Waals surface area contributed by atoms with Crippen molar-refractivity contribution in [1.82, 2.24) is 5.32 Å². The first-order valence-corrected chi connectivity index (χ1v) is 8.10. The van der Waals surface area contributed by atoms with Gasteiger partial charge in [0, 0.05) is 16.1 Å². The molecule has 0 spiro atoms. The SMILES string of the molecule is CCCCCCC(Cc1cc(Cl)ccc1Cl)NCC. The molecule has 1 nitrogen and oxygen atoms in total. The van der Waals surface area contributed by atoms with Gasteiger partial charge in [0.15, 0.2) is 0 Å². The van der Waals surface area contributed by atoms with E-state index in [1.807, 2.05) is 18.2 Å². The Morgan fingerprint density at radius 1 is 1.11 bits per heavy atom. The number of unbranched alkanes of at least 4 members (excludes halogenated alkanes) is 3. The lowest BCUT2D eigenvalue weighted by atomic mass is 10.00. The van der Waals surface area contributed by atoms with Gasteiger partial charge in [-0.15, -0.1) is 0 Å². The average molecular weight is 302 g/mol. The van der Waals surface area contributed by atoms with E-state index < -0.39 is 0 Å². The number of nitrogens with one attached hydrogen (secondary N) is 1. The van der Waals surface area contributed by atoms with Crippen LogP contribution in [0.5, 0.6) is 0 Å². The lowest BCUT2D eigenvalue weighted by molar-refractivity contribution is 0.463. The van der Waals surface area contributed by atoms with E-state index in [1.165, 1.54) is 32.1 Å². The van der Waals surface area contributed by atoms with E-state index in [0.29, 0.717) is 6.04 Å². The summed E-state index contributed by atoms with van der Waals surface area (Å²) in [5, 5.41) is 5.14. The van der Waals surface area contributed by atoms with Crippen molar-refractivity contribution in [2.75, 3.05) is 6.54 Å². The Kier molecular flexibility index (Phi) is 8.52. The lowest BCUT2D eigenvalue weighted by Crippen LogP contribution is -2.31. The maximum Gasteiger partial charge on any atom is 0.0439 e. The zero-order valence-corrected chi connectivity index (χ0v) is 13.5. The van der Waals surface area contributed by atoms with Crippen LogP contribution < -0.4 is 5.32 Å². The van der Waals surface area contributed by atoms with Gasteiger partial charge in [-0.1, -0.05) is 62.7 Å². The van der Waals surface area contributed by atoms with E-state index >= 15 is 0 Å². The first-order valence-electron chi connectivity index (χ1n) is 7.34. The molecule has 0 fully saturated rings. The zero-order valence-electron chi connectivity index (χ0n) is 12.0. The molecule has 1 aromatic rings. The molecule has 0 bridgehead atoms. The van der Waals surface area contributed by atoms with Crippen LogP contribution in [0.2, 0.25) is 10.0 Å². The van der Waals surface area contributed by atoms with Gasteiger partial charge in [0.1, 0.15) is 0 Å². The van der Waals surface area contributed by atoms with Gasteiger partial charge in [0.05, 0.1) is 0 Å². The Labute approximate surface area is 127 Å². The molecule has 0 radical (unpaired) electrons. The molecule has 1 rings (SSSR count). The minimum Gasteiger partial charge on any atom is -0.314 e. The lowest BCUT2D eigenvalue weighted by Gasteiger charge is -2.18. The van der Waals surface area contributed by atoms with Gasteiger partial charge in [-0.3, -0.25) is 0 Å². The van der Waals surface area contributed by atoms with Crippen molar-refractivity contribution in [3.63, 3.8) is 0 Å². The molecule has 1 N–H and O–H groups in total. The molecular formula is C16H25Cl2N. The molecule has 0 heterocycles. The Balaban J connectivity index is 2.54. The molecule has 1 unspecified atom stereocenters. The van der Waals surface area contributed by atoms with Crippen LogP contribution >= 0.6 is 23.2 Å². The van der Waals surface area contributed by atoms with Crippen molar-refractivity contribution in [3.8, 4) is 0 Å². The summed E-state index contributed by atoms with van der Waals surface area (Å²) in [6.45, 7) is 5.39. The Bertz CT molecular complexity index is 366. The molecule has 0 aliphatic carbocycles. The van der Waals surface area contributed by atoms with Gasteiger partial charge in [0.25, 0.3) is 0 Å². The molecule has 3 heteroatoms. The van der Waals surface area contributed by atoms with Crippen molar-refractivity contribution in [1.29, 1.82) is 0 Å². The van der Waals surface area contributed by atoms with Gasteiger partial charge in [-0.2, -0.15) is 0 Å². The summed E-state index contributed by atoms with van der Waals surface area (Å²) in [6, 6.07) is 6.22. The molecule has 0 aromatic heterocycles. The molecule has 1 atom stereocenters. The molecule has 0 saturated heterocycles. The topological polar surface area (TPSA) is 12.0 Å². The highest BCUT2D eigenvalue weighted by molar-refractivity contribution is 6.33. The van der Waals surface area contributed by atoms with Crippen LogP contribution in [-0.2, 0) is 6.42 Å². The first-order chi connectivity index (χ1) is 9.17. The van der Waals surface area contributed by atoms with Crippen molar-refractivity contribution >= 4 is 23.2 Å². The summed E-state index contributed by atoms with van der Waals surface area (Å²) in [5.74, 6) is 0. The maximum atomic E-state index is 6.24. The number of likely N-dealkylation sites (N-methyl/N-ethyl adjacent to an activating group) is 1. The third-order valence-corrected chi connectivity index (χ3v) is 3.98. The average Bonchev–Trinajstić information content (AvgIpc) is 2.39. The minimum absolute atomic E-state index is 0.498. The van der Waals surface area contributed by atoms with E-state index in [9.17, 15) is 0 Å². The Hall–Kier alpha value is -0.240. The monoisotopic (exact) mass is 301 g/mol. The minimum atomic E-state index is 0.498. The number of benzene rings is 1. The highest BCUT2D eigenvalue weighted by Gasteiger charge is 2.11. The quantitative estimate of drug-likeness (QED) is 0.595. The van der Waals surface area contributed by atoms with Crippen LogP contribution in [0.1, 0.15) is 51.5 Å². The maximum absolute atomic E-state index is 6.24. The molecule has 108 valence electrons. The fourth-order valence-electron chi connectivity index (χ4n) is 2.35. The number of rotatable bonds is 9. The van der Waals surface area contributed by atoms with Crippen LogP contribution in [-0.4, -0.2) is 12.6 Å². The summed E-state index contributed by atoms with van der Waals surface area (Å²) < 4.78 is 0. The second-order valence-electron chi connectivity index (χ2n) is 5.04. The van der Waals surface area contributed by atoms with E-state index in [1.54, 1.807) is 0 Å². The van der Waals surface area contributed by atoms with Gasteiger partial charge < -0.3 is 5.32 Å². The van der Waals surface area contributed by atoms with Gasteiger partial charge in [0.2, 0.25) is 0 Å². The number of hydrogen-bond acceptors (Lipinski definition) is 1. The third-order valence-electron chi connectivity index (χ3n) is 3.37. The van der Waals surface area contributed by atoms with Crippen LogP contribution in [0, 0.1) is 0 Å². The predicted molar refractivity (Wildman–Crippen MR) is 86.4 cm³/mol. The number of halogens is 2. The second kappa shape index (κ2) is 9.63. The molecule has 0 amide bonds. The van der Waals surface area contributed by atoms with Crippen LogP contribution in [0.3, 0.4) is 0 Å². The van der Waals surface area contributed by atoms with Gasteiger partial charge in [-0.05, 0) is 43.1 Å². The third kappa shape index (κ3) is 6.65. The molecule has 0 saturated carbocycles. The van der Waals surface area contributed by atoms with Crippen molar-refractivity contribution in [2.45, 2.75) is 58.4 Å². The van der Waals surface area contributed by atoms with Crippen LogP contribution in [0.15, 0.2) is 18.2 Å². The van der Waals surface area contributed by atoms with E-state index in [4.69, 9.17) is 23.2 Å². The van der Waals surface area contributed by atoms with Crippen LogP contribution in [0.4, 0.5) is 0 Å². The normalized spacial score (nSPS) is 12.6. The second-order valence-corrected chi connectivity index (χ2v) is 5.89. The van der Waals surface area contributed by atoms with E-state index in [2.05, 4.69) is 19.2 Å². The highest BCUT2D eigenvalue weighted by Crippen LogP contribution is 2.23. The zero-order chi connectivity index (χ0) is 14.1. The van der Waals surface area contributed by atoms with Gasteiger partial charge >= 0.3 is 0 Å². The standard InChI is InChI=1S/C16H25Cl2N/c1-3-5-6-7-8-15(19-4-2)12-13-11-14(17)9-10-16(13)18/h9-11,15,19H,3-8,12H2,1-2H3. The summed E-state index contributed by atoms with van der Waals surface area (Å²) in [5.41, 5.74) is 1.15. The molecule has 19 heavy (non-hydrogen) atoms. The Morgan fingerprint density at radius 3 is 2.58 bits per heavy atom. The van der Waals surface area contributed by atoms with Crippen molar-refractivity contribution < 1.29 is 0 Å². The largest absolute Gasteiger partial charge is 0.314 e. The molecular weight excluding hydrogens is 277 g/mol. The van der Waals surface area contributed by atoms with E-state index in [0.717, 1.165) is 28.6 Å². The summed E-state index contributed by atoms with van der Waals surface area (Å²) in [7, 11) is 0. The Morgan fingerprint density at radius 2 is 1.89 bits per heavy atom. The molecule has 0 aliphatic rings.